The van der Waals surface area contributed by atoms with Gasteiger partial charge in [-0.05, 0) is 79.1 Å². The van der Waals surface area contributed by atoms with Crippen molar-refractivity contribution in [3.63, 3.8) is 0 Å². The number of ether oxygens (including phenoxy) is 2. The molecule has 0 aliphatic heterocycles. The summed E-state index contributed by atoms with van der Waals surface area (Å²) in [5, 5.41) is 0. The molecule has 0 aliphatic carbocycles. The standard InChI is InChI=1S/C29H22F6O2/c1-19-6-12-23(13-7-19)36-24-14-8-21(9-15-24)27(28(30,31)32,29(33,34)35)22-10-16-25(17-11-22)37-26-5-3-4-20(2)18-26/h3-18H,1-2H3. The number of halogens is 6. The zero-order chi connectivity index (χ0) is 26.8. The van der Waals surface area contributed by atoms with E-state index in [1.54, 1.807) is 42.5 Å². The Kier molecular flexibility index (Phi) is 6.95. The molecule has 0 aromatic heterocycles. The Balaban J connectivity index is 1.72. The molecular formula is C29H22F6O2. The smallest absolute Gasteiger partial charge is 0.411 e. The SMILES string of the molecule is Cc1ccc(Oc2ccc(C(c3ccc(Oc4cccc(C)c4)cc3)(C(F)(F)F)C(F)(F)F)cc2)cc1. The summed E-state index contributed by atoms with van der Waals surface area (Å²) in [6.45, 7) is 3.70. The van der Waals surface area contributed by atoms with Crippen LogP contribution in [0.2, 0.25) is 0 Å². The molecule has 0 heterocycles. The van der Waals surface area contributed by atoms with Crippen LogP contribution < -0.4 is 9.47 Å². The van der Waals surface area contributed by atoms with Gasteiger partial charge in [-0.15, -0.1) is 0 Å². The van der Waals surface area contributed by atoms with E-state index < -0.39 is 28.9 Å². The molecule has 0 N–H and O–H groups in total. The predicted molar refractivity (Wildman–Crippen MR) is 128 cm³/mol. The minimum absolute atomic E-state index is 0.104. The van der Waals surface area contributed by atoms with Crippen molar-refractivity contribution in [2.45, 2.75) is 31.6 Å². The van der Waals surface area contributed by atoms with E-state index in [1.165, 1.54) is 0 Å². The summed E-state index contributed by atoms with van der Waals surface area (Å²) in [7, 11) is 0. The van der Waals surface area contributed by atoms with Crippen LogP contribution in [0.25, 0.3) is 0 Å². The van der Waals surface area contributed by atoms with Gasteiger partial charge in [0.2, 0.25) is 5.41 Å². The second kappa shape index (κ2) is 9.84. The van der Waals surface area contributed by atoms with Crippen LogP contribution in [-0.4, -0.2) is 12.4 Å². The monoisotopic (exact) mass is 516 g/mol. The molecule has 0 amide bonds. The van der Waals surface area contributed by atoms with Gasteiger partial charge in [-0.1, -0.05) is 54.1 Å². The molecule has 0 saturated heterocycles. The van der Waals surface area contributed by atoms with Crippen molar-refractivity contribution in [3.05, 3.63) is 119 Å². The summed E-state index contributed by atoms with van der Waals surface area (Å²) in [6, 6.07) is 21.3. The molecule has 0 radical (unpaired) electrons. The Morgan fingerprint density at radius 3 is 1.27 bits per heavy atom. The van der Waals surface area contributed by atoms with Gasteiger partial charge in [0, 0.05) is 0 Å². The number of rotatable bonds is 6. The van der Waals surface area contributed by atoms with E-state index in [4.69, 9.17) is 9.47 Å². The van der Waals surface area contributed by atoms with Crippen LogP contribution in [-0.2, 0) is 5.41 Å². The molecule has 0 bridgehead atoms. The lowest BCUT2D eigenvalue weighted by molar-refractivity contribution is -0.288. The third kappa shape index (κ3) is 5.28. The maximum absolute atomic E-state index is 14.4. The topological polar surface area (TPSA) is 18.5 Å². The molecule has 4 aromatic carbocycles. The van der Waals surface area contributed by atoms with E-state index in [0.29, 0.717) is 11.5 Å². The molecule has 0 unspecified atom stereocenters. The summed E-state index contributed by atoms with van der Waals surface area (Å²) in [5.41, 5.74) is -4.35. The van der Waals surface area contributed by atoms with E-state index in [1.807, 2.05) is 19.9 Å². The highest BCUT2D eigenvalue weighted by molar-refractivity contribution is 5.48. The first-order chi connectivity index (χ1) is 17.4. The maximum Gasteiger partial charge on any atom is 0.411 e. The summed E-state index contributed by atoms with van der Waals surface area (Å²) in [6.07, 6.45) is -11.4. The first-order valence-electron chi connectivity index (χ1n) is 11.2. The van der Waals surface area contributed by atoms with E-state index in [9.17, 15) is 26.3 Å². The third-order valence-electron chi connectivity index (χ3n) is 5.91. The first kappa shape index (κ1) is 26.1. The number of hydrogen-bond acceptors (Lipinski definition) is 2. The summed E-state index contributed by atoms with van der Waals surface area (Å²) >= 11 is 0. The van der Waals surface area contributed by atoms with Gasteiger partial charge >= 0.3 is 12.4 Å². The normalized spacial score (nSPS) is 12.3. The minimum Gasteiger partial charge on any atom is -0.457 e. The van der Waals surface area contributed by atoms with Crippen molar-refractivity contribution in [1.82, 2.24) is 0 Å². The Morgan fingerprint density at radius 2 is 0.865 bits per heavy atom. The van der Waals surface area contributed by atoms with Crippen LogP contribution in [0, 0.1) is 13.8 Å². The van der Waals surface area contributed by atoms with Gasteiger partial charge < -0.3 is 9.47 Å². The fourth-order valence-electron chi connectivity index (χ4n) is 4.09. The van der Waals surface area contributed by atoms with Crippen molar-refractivity contribution in [1.29, 1.82) is 0 Å². The Bertz CT molecular complexity index is 1330. The van der Waals surface area contributed by atoms with Crippen molar-refractivity contribution >= 4 is 0 Å². The molecule has 0 saturated carbocycles. The maximum atomic E-state index is 14.4. The van der Waals surface area contributed by atoms with Crippen molar-refractivity contribution < 1.29 is 35.8 Å². The van der Waals surface area contributed by atoms with E-state index in [0.717, 1.165) is 59.7 Å². The number of hydrogen-bond donors (Lipinski definition) is 0. The largest absolute Gasteiger partial charge is 0.457 e. The summed E-state index contributed by atoms with van der Waals surface area (Å²) < 4.78 is 97.8. The molecule has 2 nitrogen and oxygen atoms in total. The summed E-state index contributed by atoms with van der Waals surface area (Å²) in [5.74, 6) is 1.03. The molecule has 0 atom stereocenters. The highest BCUT2D eigenvalue weighted by atomic mass is 19.4. The van der Waals surface area contributed by atoms with E-state index in [2.05, 4.69) is 0 Å². The van der Waals surface area contributed by atoms with Crippen molar-refractivity contribution in [2.24, 2.45) is 0 Å². The van der Waals surface area contributed by atoms with Gasteiger partial charge in [-0.2, -0.15) is 26.3 Å². The predicted octanol–water partition coefficient (Wildman–Crippen LogP) is 9.30. The van der Waals surface area contributed by atoms with Gasteiger partial charge in [0.25, 0.3) is 0 Å². The zero-order valence-corrected chi connectivity index (χ0v) is 19.8. The fraction of sp³-hybridized carbons (Fsp3) is 0.172. The van der Waals surface area contributed by atoms with Crippen LogP contribution in [0.1, 0.15) is 22.3 Å². The van der Waals surface area contributed by atoms with Crippen LogP contribution in [0.3, 0.4) is 0 Å². The second-order valence-electron chi connectivity index (χ2n) is 8.63. The molecule has 192 valence electrons. The highest BCUT2D eigenvalue weighted by Crippen LogP contribution is 2.56. The number of alkyl halides is 6. The van der Waals surface area contributed by atoms with E-state index in [-0.39, 0.29) is 11.5 Å². The molecular weight excluding hydrogens is 494 g/mol. The van der Waals surface area contributed by atoms with Gasteiger partial charge in [0.15, 0.2) is 0 Å². The third-order valence-corrected chi connectivity index (χ3v) is 5.91. The lowest BCUT2D eigenvalue weighted by atomic mass is 9.73. The summed E-state index contributed by atoms with van der Waals surface area (Å²) in [4.78, 5) is 0. The lowest BCUT2D eigenvalue weighted by Crippen LogP contribution is -2.54. The van der Waals surface area contributed by atoms with E-state index >= 15 is 0 Å². The van der Waals surface area contributed by atoms with Crippen LogP contribution in [0.5, 0.6) is 23.0 Å². The Hall–Kier alpha value is -3.94. The molecule has 37 heavy (non-hydrogen) atoms. The van der Waals surface area contributed by atoms with Gasteiger partial charge in [0.1, 0.15) is 23.0 Å². The number of benzene rings is 4. The average Bonchev–Trinajstić information content (AvgIpc) is 2.81. The quantitative estimate of drug-likeness (QED) is 0.238. The van der Waals surface area contributed by atoms with Gasteiger partial charge in [0.05, 0.1) is 0 Å². The molecule has 0 fully saturated rings. The molecule has 0 spiro atoms. The molecule has 0 aliphatic rings. The minimum atomic E-state index is -5.69. The Morgan fingerprint density at radius 1 is 0.459 bits per heavy atom. The van der Waals surface area contributed by atoms with Gasteiger partial charge in [-0.3, -0.25) is 0 Å². The molecule has 4 rings (SSSR count). The molecule has 8 heteroatoms. The van der Waals surface area contributed by atoms with Crippen LogP contribution >= 0.6 is 0 Å². The lowest BCUT2D eigenvalue weighted by Gasteiger charge is -2.38. The molecule has 4 aromatic rings. The number of aryl methyl sites for hydroxylation is 2. The zero-order valence-electron chi connectivity index (χ0n) is 19.8. The van der Waals surface area contributed by atoms with Crippen LogP contribution in [0.4, 0.5) is 26.3 Å². The average molecular weight is 516 g/mol. The van der Waals surface area contributed by atoms with Crippen molar-refractivity contribution in [2.75, 3.05) is 0 Å². The highest BCUT2D eigenvalue weighted by Gasteiger charge is 2.72. The fourth-order valence-corrected chi connectivity index (χ4v) is 4.09. The van der Waals surface area contributed by atoms with Crippen molar-refractivity contribution in [3.8, 4) is 23.0 Å². The Labute approximate surface area is 210 Å². The first-order valence-corrected chi connectivity index (χ1v) is 11.2. The second-order valence-corrected chi connectivity index (χ2v) is 8.63. The van der Waals surface area contributed by atoms with Gasteiger partial charge in [-0.25, -0.2) is 0 Å². The van der Waals surface area contributed by atoms with Crippen LogP contribution in [0.15, 0.2) is 97.1 Å².